The second kappa shape index (κ2) is 9.07. The number of aromatic nitrogens is 1. The first-order valence-corrected chi connectivity index (χ1v) is 12.0. The van der Waals surface area contributed by atoms with Gasteiger partial charge in [-0.15, -0.1) is 11.8 Å². The minimum Gasteiger partial charge on any atom is -0.318 e. The third kappa shape index (κ3) is 4.73. The number of hydrogen-bond donors (Lipinski definition) is 1. The number of nitrogens with one attached hydrogen (secondary N) is 1. The van der Waals surface area contributed by atoms with Crippen LogP contribution >= 0.6 is 23.5 Å². The van der Waals surface area contributed by atoms with Crippen LogP contribution in [0.2, 0.25) is 0 Å². The Morgan fingerprint density at radius 2 is 1.88 bits per heavy atom. The van der Waals surface area contributed by atoms with Crippen LogP contribution in [0, 0.1) is 13.8 Å². The van der Waals surface area contributed by atoms with Crippen LogP contribution in [0.25, 0.3) is 5.69 Å². The maximum Gasteiger partial charge on any atom is 0.416 e. The van der Waals surface area contributed by atoms with Gasteiger partial charge in [0.2, 0.25) is 0 Å². The van der Waals surface area contributed by atoms with Crippen molar-refractivity contribution in [2.75, 3.05) is 12.0 Å². The van der Waals surface area contributed by atoms with Crippen molar-refractivity contribution in [1.29, 1.82) is 0 Å². The second-order valence-electron chi connectivity index (χ2n) is 7.25. The maximum absolute atomic E-state index is 12.9. The number of aliphatic imine (C=N–C) groups is 1. The standard InChI is InChI=1S/C23H21F3N4S2/c1-14-10-20(15(2)30(14)18-8-5-9-19(12-18)31-3)21-13-32-22(29-28-21)27-17-7-4-6-16(11-17)23(24,25)26/h4-12H,13H2,1-3H3,(H,27,29). The Morgan fingerprint density at radius 1 is 1.09 bits per heavy atom. The molecule has 0 unspecified atom stereocenters. The lowest BCUT2D eigenvalue weighted by Crippen LogP contribution is -2.25. The highest BCUT2D eigenvalue weighted by atomic mass is 32.2. The van der Waals surface area contributed by atoms with E-state index in [2.05, 4.69) is 64.5 Å². The van der Waals surface area contributed by atoms with Crippen LogP contribution in [0.3, 0.4) is 0 Å². The Morgan fingerprint density at radius 3 is 2.56 bits per heavy atom. The first kappa shape index (κ1) is 22.5. The Kier molecular flexibility index (Phi) is 6.39. The van der Waals surface area contributed by atoms with E-state index in [1.807, 2.05) is 6.07 Å². The Balaban J connectivity index is 1.58. The molecule has 9 heteroatoms. The van der Waals surface area contributed by atoms with E-state index in [4.69, 9.17) is 0 Å². The average molecular weight is 475 g/mol. The predicted octanol–water partition coefficient (Wildman–Crippen LogP) is 6.56. The third-order valence-corrected chi connectivity index (χ3v) is 6.69. The SMILES string of the molecule is CSc1cccc(-n2c(C)cc(C3=NNC(=Nc4cccc(C(F)(F)F)c4)SC3)c2C)c1. The molecule has 0 radical (unpaired) electrons. The van der Waals surface area contributed by atoms with Gasteiger partial charge in [0.1, 0.15) is 0 Å². The highest BCUT2D eigenvalue weighted by Crippen LogP contribution is 2.32. The molecule has 0 bridgehead atoms. The molecule has 166 valence electrons. The Hall–Kier alpha value is -2.65. The largest absolute Gasteiger partial charge is 0.416 e. The molecule has 0 saturated heterocycles. The first-order chi connectivity index (χ1) is 15.3. The normalized spacial score (nSPS) is 15.6. The lowest BCUT2D eigenvalue weighted by Gasteiger charge is -2.16. The fourth-order valence-corrected chi connectivity index (χ4v) is 4.81. The summed E-state index contributed by atoms with van der Waals surface area (Å²) in [6.07, 6.45) is -2.34. The fourth-order valence-electron chi connectivity index (χ4n) is 3.58. The first-order valence-electron chi connectivity index (χ1n) is 9.81. The second-order valence-corrected chi connectivity index (χ2v) is 9.09. The van der Waals surface area contributed by atoms with Crippen LogP contribution < -0.4 is 5.43 Å². The maximum atomic E-state index is 12.9. The van der Waals surface area contributed by atoms with Gasteiger partial charge in [-0.25, -0.2) is 4.99 Å². The number of rotatable bonds is 4. The molecular weight excluding hydrogens is 453 g/mol. The van der Waals surface area contributed by atoms with Crippen molar-refractivity contribution in [2.24, 2.45) is 10.1 Å². The molecule has 4 rings (SSSR count). The summed E-state index contributed by atoms with van der Waals surface area (Å²) < 4.78 is 41.0. The van der Waals surface area contributed by atoms with Crippen molar-refractivity contribution in [3.63, 3.8) is 0 Å². The Bertz CT molecular complexity index is 1210. The van der Waals surface area contributed by atoms with Gasteiger partial charge in [0.25, 0.3) is 0 Å². The van der Waals surface area contributed by atoms with Crippen molar-refractivity contribution in [3.05, 3.63) is 77.1 Å². The molecule has 1 aromatic heterocycles. The molecule has 3 aromatic rings. The summed E-state index contributed by atoms with van der Waals surface area (Å²) in [4.78, 5) is 5.48. The molecule has 1 aliphatic rings. The summed E-state index contributed by atoms with van der Waals surface area (Å²) in [6.45, 7) is 4.13. The lowest BCUT2D eigenvalue weighted by molar-refractivity contribution is -0.137. The zero-order valence-electron chi connectivity index (χ0n) is 17.7. The molecule has 0 saturated carbocycles. The van der Waals surface area contributed by atoms with Gasteiger partial charge in [-0.05, 0) is 62.6 Å². The molecule has 0 atom stereocenters. The van der Waals surface area contributed by atoms with Gasteiger partial charge in [-0.2, -0.15) is 18.3 Å². The molecule has 1 N–H and O–H groups in total. The van der Waals surface area contributed by atoms with Crippen LogP contribution in [0.1, 0.15) is 22.5 Å². The van der Waals surface area contributed by atoms with E-state index in [-0.39, 0.29) is 5.69 Å². The van der Waals surface area contributed by atoms with E-state index in [0.717, 1.165) is 40.5 Å². The number of thioether (sulfide) groups is 2. The molecule has 32 heavy (non-hydrogen) atoms. The molecule has 2 heterocycles. The van der Waals surface area contributed by atoms with Gasteiger partial charge in [-0.3, -0.25) is 5.43 Å². The topological polar surface area (TPSA) is 41.7 Å². The number of halogens is 3. The summed E-state index contributed by atoms with van der Waals surface area (Å²) in [7, 11) is 0. The minimum atomic E-state index is -4.40. The summed E-state index contributed by atoms with van der Waals surface area (Å²) in [5.74, 6) is 0.569. The van der Waals surface area contributed by atoms with Crippen molar-refractivity contribution >= 4 is 40.1 Å². The quantitative estimate of drug-likeness (QED) is 0.435. The van der Waals surface area contributed by atoms with E-state index in [1.54, 1.807) is 17.8 Å². The van der Waals surface area contributed by atoms with Gasteiger partial charge in [-0.1, -0.05) is 23.9 Å². The molecule has 2 aromatic carbocycles. The molecule has 1 aliphatic heterocycles. The zero-order valence-corrected chi connectivity index (χ0v) is 19.3. The fraction of sp³-hybridized carbons (Fsp3) is 0.217. The van der Waals surface area contributed by atoms with Gasteiger partial charge in [0.15, 0.2) is 5.17 Å². The third-order valence-electron chi connectivity index (χ3n) is 5.09. The van der Waals surface area contributed by atoms with Gasteiger partial charge in [0, 0.05) is 33.3 Å². The smallest absolute Gasteiger partial charge is 0.318 e. The van der Waals surface area contributed by atoms with Gasteiger partial charge >= 0.3 is 6.18 Å². The van der Waals surface area contributed by atoms with Crippen LogP contribution in [0.15, 0.2) is 69.6 Å². The van der Waals surface area contributed by atoms with Gasteiger partial charge in [0.05, 0.1) is 17.0 Å². The number of alkyl halides is 3. The van der Waals surface area contributed by atoms with E-state index in [9.17, 15) is 13.2 Å². The summed E-state index contributed by atoms with van der Waals surface area (Å²) in [5, 5.41) is 4.93. The van der Waals surface area contributed by atoms with Crippen LogP contribution in [-0.2, 0) is 6.18 Å². The Labute approximate surface area is 193 Å². The number of aryl methyl sites for hydroxylation is 1. The van der Waals surface area contributed by atoms with E-state index in [0.29, 0.717) is 10.9 Å². The number of hydrogen-bond acceptors (Lipinski definition) is 4. The molecule has 0 amide bonds. The number of amidine groups is 1. The molecule has 0 fully saturated rings. The van der Waals surface area contributed by atoms with Crippen LogP contribution in [0.5, 0.6) is 0 Å². The number of hydrazone groups is 1. The van der Waals surface area contributed by atoms with E-state index in [1.165, 1.54) is 22.7 Å². The molecule has 4 nitrogen and oxygen atoms in total. The average Bonchev–Trinajstić information content (AvgIpc) is 3.08. The molecule has 0 spiro atoms. The zero-order chi connectivity index (χ0) is 22.9. The highest BCUT2D eigenvalue weighted by Gasteiger charge is 2.30. The number of nitrogens with zero attached hydrogens (tertiary/aromatic N) is 3. The van der Waals surface area contributed by atoms with Crippen molar-refractivity contribution < 1.29 is 13.2 Å². The van der Waals surface area contributed by atoms with Crippen molar-refractivity contribution in [2.45, 2.75) is 24.9 Å². The van der Waals surface area contributed by atoms with E-state index < -0.39 is 11.7 Å². The highest BCUT2D eigenvalue weighted by molar-refractivity contribution is 8.14. The van der Waals surface area contributed by atoms with E-state index >= 15 is 0 Å². The minimum absolute atomic E-state index is 0.236. The lowest BCUT2D eigenvalue weighted by atomic mass is 10.1. The monoisotopic (exact) mass is 474 g/mol. The van der Waals surface area contributed by atoms with Gasteiger partial charge < -0.3 is 4.57 Å². The summed E-state index contributed by atoms with van der Waals surface area (Å²) in [5.41, 5.74) is 7.61. The van der Waals surface area contributed by atoms with Crippen LogP contribution in [-0.4, -0.2) is 27.5 Å². The molecular formula is C23H21F3N4S2. The predicted molar refractivity (Wildman–Crippen MR) is 128 cm³/mol. The number of benzene rings is 2. The summed E-state index contributed by atoms with van der Waals surface area (Å²) >= 11 is 3.12. The van der Waals surface area contributed by atoms with Crippen molar-refractivity contribution in [3.8, 4) is 5.69 Å². The van der Waals surface area contributed by atoms with Crippen molar-refractivity contribution in [1.82, 2.24) is 9.99 Å². The van der Waals surface area contributed by atoms with Crippen LogP contribution in [0.4, 0.5) is 18.9 Å². The summed E-state index contributed by atoms with van der Waals surface area (Å²) in [6, 6.07) is 15.4. The molecule has 0 aliphatic carbocycles.